The van der Waals surface area contributed by atoms with Gasteiger partial charge in [0.1, 0.15) is 0 Å². The van der Waals surface area contributed by atoms with Crippen molar-refractivity contribution in [2.45, 2.75) is 173 Å². The highest BCUT2D eigenvalue weighted by atomic mass is 16.7. The fourth-order valence-electron chi connectivity index (χ4n) is 6.56. The van der Waals surface area contributed by atoms with Crippen molar-refractivity contribution in [2.24, 2.45) is 11.8 Å². The van der Waals surface area contributed by atoms with Crippen molar-refractivity contribution in [3.63, 3.8) is 0 Å². The van der Waals surface area contributed by atoms with E-state index in [4.69, 9.17) is 9.31 Å². The van der Waals surface area contributed by atoms with Gasteiger partial charge < -0.3 is 9.31 Å². The quantitative estimate of drug-likeness (QED) is 0.373. The molecule has 32 heavy (non-hydrogen) atoms. The molecule has 1 heterocycles. The Morgan fingerprint density at radius 3 is 1.28 bits per heavy atom. The van der Waals surface area contributed by atoms with Crippen LogP contribution in [0.3, 0.4) is 0 Å². The smallest absolute Gasteiger partial charge is 0.403 e. The Morgan fingerprint density at radius 1 is 0.438 bits per heavy atom. The van der Waals surface area contributed by atoms with Gasteiger partial charge in [0, 0.05) is 0 Å². The zero-order valence-corrected chi connectivity index (χ0v) is 22.3. The molecule has 3 atom stereocenters. The van der Waals surface area contributed by atoms with Crippen LogP contribution >= 0.6 is 0 Å². The lowest BCUT2D eigenvalue weighted by atomic mass is 9.63. The molecule has 1 saturated heterocycles. The van der Waals surface area contributed by atoms with Gasteiger partial charge >= 0.3 is 7.12 Å². The topological polar surface area (TPSA) is 18.5 Å². The second-order valence-corrected chi connectivity index (χ2v) is 12.6. The molecule has 0 aromatic rings. The number of rotatable bonds is 1. The molecular formula is C29H55BO2. The number of fused-ring (bicyclic) bond motifs is 1. The van der Waals surface area contributed by atoms with Crippen LogP contribution in [0.5, 0.6) is 0 Å². The minimum Gasteiger partial charge on any atom is -0.403 e. The van der Waals surface area contributed by atoms with Crippen LogP contribution in [0.15, 0.2) is 0 Å². The third-order valence-electron chi connectivity index (χ3n) is 9.53. The van der Waals surface area contributed by atoms with E-state index in [9.17, 15) is 0 Å². The largest absolute Gasteiger partial charge is 0.461 e. The minimum atomic E-state index is -0.191. The summed E-state index contributed by atoms with van der Waals surface area (Å²) in [6.07, 6.45) is 28.9. The maximum absolute atomic E-state index is 6.48. The lowest BCUT2D eigenvalue weighted by molar-refractivity contribution is 0.00578. The normalized spacial score (nSPS) is 34.1. The molecule has 3 aliphatic rings. The fraction of sp³-hybridized carbons (Fsp3) is 1.00. The third-order valence-corrected chi connectivity index (χ3v) is 9.53. The Balaban J connectivity index is 1.54. The molecule has 3 unspecified atom stereocenters. The first-order valence-corrected chi connectivity index (χ1v) is 14.7. The standard InChI is InChI=1S/C29H55BO2/c1-28(2)29(3,4)32-30(31-28)27-22-18-21-25-19-16-14-12-10-8-6-5-7-9-11-13-15-17-20-26(25)23-24-27/h25-27H,5-24H2,1-4H3. The summed E-state index contributed by atoms with van der Waals surface area (Å²) in [6, 6.07) is 0. The van der Waals surface area contributed by atoms with Crippen molar-refractivity contribution < 1.29 is 9.31 Å². The Kier molecular flexibility index (Phi) is 10.9. The summed E-state index contributed by atoms with van der Waals surface area (Å²) < 4.78 is 13.0. The molecule has 0 aromatic carbocycles. The van der Waals surface area contributed by atoms with E-state index in [0.29, 0.717) is 5.82 Å². The molecular weight excluding hydrogens is 391 g/mol. The van der Waals surface area contributed by atoms with E-state index in [2.05, 4.69) is 27.7 Å². The van der Waals surface area contributed by atoms with Crippen LogP contribution in [0.2, 0.25) is 5.82 Å². The highest BCUT2D eigenvalue weighted by Gasteiger charge is 2.53. The second-order valence-electron chi connectivity index (χ2n) is 12.6. The van der Waals surface area contributed by atoms with E-state index in [1.807, 2.05) is 0 Å². The van der Waals surface area contributed by atoms with Gasteiger partial charge in [0.05, 0.1) is 11.2 Å². The number of hydrogen-bond donors (Lipinski definition) is 0. The van der Waals surface area contributed by atoms with Gasteiger partial charge in [-0.05, 0) is 45.3 Å². The highest BCUT2D eigenvalue weighted by Crippen LogP contribution is 2.45. The molecule has 186 valence electrons. The van der Waals surface area contributed by atoms with Crippen molar-refractivity contribution in [1.82, 2.24) is 0 Å². The molecule has 2 saturated carbocycles. The van der Waals surface area contributed by atoms with Gasteiger partial charge in [-0.1, -0.05) is 128 Å². The predicted molar refractivity (Wildman–Crippen MR) is 139 cm³/mol. The van der Waals surface area contributed by atoms with Crippen LogP contribution in [0.1, 0.15) is 156 Å². The van der Waals surface area contributed by atoms with E-state index in [0.717, 1.165) is 11.8 Å². The first-order chi connectivity index (χ1) is 15.4. The van der Waals surface area contributed by atoms with Crippen molar-refractivity contribution in [2.75, 3.05) is 0 Å². The van der Waals surface area contributed by atoms with E-state index in [-0.39, 0.29) is 18.3 Å². The maximum atomic E-state index is 6.48. The van der Waals surface area contributed by atoms with Gasteiger partial charge in [0.15, 0.2) is 0 Å². The molecule has 0 amide bonds. The molecule has 0 radical (unpaired) electrons. The molecule has 3 fully saturated rings. The highest BCUT2D eigenvalue weighted by molar-refractivity contribution is 6.47. The van der Waals surface area contributed by atoms with E-state index in [1.165, 1.54) is 128 Å². The summed E-state index contributed by atoms with van der Waals surface area (Å²) in [4.78, 5) is 0. The summed E-state index contributed by atoms with van der Waals surface area (Å²) in [5.74, 6) is 2.50. The SMILES string of the molecule is CC1(C)OB(C2CCCC3CCCCCCCCCCCCCCCC3CC2)OC1(C)C. The van der Waals surface area contributed by atoms with Crippen LogP contribution in [-0.4, -0.2) is 18.3 Å². The van der Waals surface area contributed by atoms with Crippen LogP contribution in [0.25, 0.3) is 0 Å². The summed E-state index contributed by atoms with van der Waals surface area (Å²) in [5.41, 5.74) is -0.382. The lowest BCUT2D eigenvalue weighted by Gasteiger charge is -2.33. The lowest BCUT2D eigenvalue weighted by Crippen LogP contribution is -2.41. The Morgan fingerprint density at radius 2 is 0.812 bits per heavy atom. The molecule has 1 aliphatic heterocycles. The van der Waals surface area contributed by atoms with Crippen molar-refractivity contribution >= 4 is 7.12 Å². The monoisotopic (exact) mass is 446 g/mol. The van der Waals surface area contributed by atoms with E-state index >= 15 is 0 Å². The average Bonchev–Trinajstić information content (AvgIpc) is 2.94. The molecule has 2 nitrogen and oxygen atoms in total. The molecule has 0 N–H and O–H groups in total. The Labute approximate surface area is 201 Å². The zero-order chi connectivity index (χ0) is 22.9. The second kappa shape index (κ2) is 13.2. The Bertz CT molecular complexity index is 501. The van der Waals surface area contributed by atoms with Crippen LogP contribution in [0, 0.1) is 11.8 Å². The van der Waals surface area contributed by atoms with Gasteiger partial charge in [-0.25, -0.2) is 0 Å². The summed E-state index contributed by atoms with van der Waals surface area (Å²) in [5, 5.41) is 0. The van der Waals surface area contributed by atoms with Gasteiger partial charge in [-0.2, -0.15) is 0 Å². The summed E-state index contributed by atoms with van der Waals surface area (Å²) in [7, 11) is 0.00618. The van der Waals surface area contributed by atoms with Crippen molar-refractivity contribution in [3.05, 3.63) is 0 Å². The molecule has 2 aliphatic carbocycles. The van der Waals surface area contributed by atoms with Gasteiger partial charge in [-0.3, -0.25) is 0 Å². The van der Waals surface area contributed by atoms with Gasteiger partial charge in [0.2, 0.25) is 0 Å². The first kappa shape index (κ1) is 26.6. The molecule has 0 spiro atoms. The van der Waals surface area contributed by atoms with Crippen molar-refractivity contribution in [3.8, 4) is 0 Å². The zero-order valence-electron chi connectivity index (χ0n) is 22.3. The molecule has 3 rings (SSSR count). The van der Waals surface area contributed by atoms with Crippen molar-refractivity contribution in [1.29, 1.82) is 0 Å². The maximum Gasteiger partial charge on any atom is 0.461 e. The predicted octanol–water partition coefficient (Wildman–Crippen LogP) is 9.51. The molecule has 0 aromatic heterocycles. The first-order valence-electron chi connectivity index (χ1n) is 14.7. The average molecular weight is 447 g/mol. The summed E-state index contributed by atoms with van der Waals surface area (Å²) >= 11 is 0. The van der Waals surface area contributed by atoms with E-state index < -0.39 is 0 Å². The number of hydrogen-bond acceptors (Lipinski definition) is 2. The Hall–Kier alpha value is -0.0151. The van der Waals surface area contributed by atoms with Gasteiger partial charge in [-0.15, -0.1) is 0 Å². The van der Waals surface area contributed by atoms with Crippen LogP contribution in [0.4, 0.5) is 0 Å². The minimum absolute atomic E-state index is 0.00618. The molecule has 0 bridgehead atoms. The van der Waals surface area contributed by atoms with Crippen LogP contribution in [-0.2, 0) is 9.31 Å². The summed E-state index contributed by atoms with van der Waals surface area (Å²) in [6.45, 7) is 8.82. The van der Waals surface area contributed by atoms with Crippen LogP contribution < -0.4 is 0 Å². The fourth-order valence-corrected chi connectivity index (χ4v) is 6.56. The van der Waals surface area contributed by atoms with E-state index in [1.54, 1.807) is 0 Å². The third kappa shape index (κ3) is 8.04. The van der Waals surface area contributed by atoms with Gasteiger partial charge in [0.25, 0.3) is 0 Å². The molecule has 3 heteroatoms.